The quantitative estimate of drug-likeness (QED) is 0.367. The number of nitrogens with zero attached hydrogens (tertiary/aromatic N) is 4. The molecular weight excluding hydrogens is 414 g/mol. The van der Waals surface area contributed by atoms with Crippen LogP contribution in [0, 0.1) is 23.0 Å². The van der Waals surface area contributed by atoms with Crippen molar-refractivity contribution in [2.75, 3.05) is 0 Å². The van der Waals surface area contributed by atoms with Gasteiger partial charge in [-0.25, -0.2) is 13.8 Å². The van der Waals surface area contributed by atoms with Crippen LogP contribution in [-0.4, -0.2) is 25.7 Å². The van der Waals surface area contributed by atoms with E-state index < -0.39 is 23.6 Å². The monoisotopic (exact) mass is 432 g/mol. The number of fused-ring (bicyclic) bond motifs is 1. The molecule has 9 heteroatoms. The number of aromatic amines is 1. The van der Waals surface area contributed by atoms with E-state index in [1.54, 1.807) is 30.2 Å². The van der Waals surface area contributed by atoms with E-state index in [1.165, 1.54) is 12.1 Å². The second-order valence-corrected chi connectivity index (χ2v) is 7.31. The lowest BCUT2D eigenvalue weighted by atomic mass is 10.1. The number of halogens is 2. The molecule has 0 fully saturated rings. The van der Waals surface area contributed by atoms with Crippen LogP contribution in [0.5, 0.6) is 0 Å². The third-order valence-electron chi connectivity index (χ3n) is 5.06. The van der Waals surface area contributed by atoms with Gasteiger partial charge in [-0.05, 0) is 36.8 Å². The van der Waals surface area contributed by atoms with Gasteiger partial charge < -0.3 is 10.3 Å². The van der Waals surface area contributed by atoms with Crippen molar-refractivity contribution >= 4 is 23.0 Å². The lowest BCUT2D eigenvalue weighted by Crippen LogP contribution is -2.27. The SMILES string of the molecule is C[C@@H](NC(=O)/C(C#N)=C/c1c[nH]c2ncc(-c3cnn(C)c3)cc12)c1ccc(F)c(F)c1. The molecule has 3 heterocycles. The van der Waals surface area contributed by atoms with Gasteiger partial charge in [-0.3, -0.25) is 9.48 Å². The minimum absolute atomic E-state index is 0.132. The zero-order valence-electron chi connectivity index (χ0n) is 17.2. The molecule has 0 aliphatic heterocycles. The van der Waals surface area contributed by atoms with Gasteiger partial charge in [0.1, 0.15) is 17.3 Å². The van der Waals surface area contributed by atoms with Crippen molar-refractivity contribution in [2.24, 2.45) is 7.05 Å². The van der Waals surface area contributed by atoms with Crippen molar-refractivity contribution in [1.82, 2.24) is 25.1 Å². The number of benzene rings is 1. The maximum atomic E-state index is 13.5. The number of amides is 1. The maximum Gasteiger partial charge on any atom is 0.262 e. The average Bonchev–Trinajstić information content (AvgIpc) is 3.39. The third-order valence-corrected chi connectivity index (χ3v) is 5.06. The van der Waals surface area contributed by atoms with Gasteiger partial charge in [-0.2, -0.15) is 10.4 Å². The van der Waals surface area contributed by atoms with Gasteiger partial charge >= 0.3 is 0 Å². The van der Waals surface area contributed by atoms with Crippen LogP contribution in [0.1, 0.15) is 24.1 Å². The van der Waals surface area contributed by atoms with Gasteiger partial charge in [-0.1, -0.05) is 6.07 Å². The number of nitriles is 1. The molecule has 0 saturated heterocycles. The lowest BCUT2D eigenvalue weighted by Gasteiger charge is -2.14. The van der Waals surface area contributed by atoms with Crippen molar-refractivity contribution in [2.45, 2.75) is 13.0 Å². The molecule has 0 spiro atoms. The number of H-pyrrole nitrogens is 1. The summed E-state index contributed by atoms with van der Waals surface area (Å²) in [4.78, 5) is 20.1. The van der Waals surface area contributed by atoms with E-state index in [2.05, 4.69) is 20.4 Å². The normalized spacial score (nSPS) is 12.5. The number of carbonyl (C=O) groups excluding carboxylic acids is 1. The maximum absolute atomic E-state index is 13.5. The first kappa shape index (κ1) is 20.9. The van der Waals surface area contributed by atoms with E-state index in [9.17, 15) is 18.8 Å². The molecule has 0 radical (unpaired) electrons. The minimum atomic E-state index is -1.00. The summed E-state index contributed by atoms with van der Waals surface area (Å²) >= 11 is 0. The Hall–Kier alpha value is -4.32. The first-order valence-electron chi connectivity index (χ1n) is 9.69. The number of aromatic nitrogens is 4. The van der Waals surface area contributed by atoms with Crippen LogP contribution in [0.3, 0.4) is 0 Å². The first-order chi connectivity index (χ1) is 15.4. The number of carbonyl (C=O) groups is 1. The van der Waals surface area contributed by atoms with E-state index in [0.717, 1.165) is 28.6 Å². The van der Waals surface area contributed by atoms with Crippen molar-refractivity contribution in [1.29, 1.82) is 5.26 Å². The highest BCUT2D eigenvalue weighted by molar-refractivity contribution is 6.04. The Kier molecular flexibility index (Phi) is 5.52. The number of hydrogen-bond donors (Lipinski definition) is 2. The van der Waals surface area contributed by atoms with Crippen LogP contribution in [0.15, 0.2) is 54.6 Å². The zero-order valence-corrected chi connectivity index (χ0v) is 17.2. The molecular formula is C23H18F2N6O. The summed E-state index contributed by atoms with van der Waals surface area (Å²) in [6, 6.07) is 6.56. The molecule has 0 aliphatic rings. The fraction of sp³-hybridized carbons (Fsp3) is 0.130. The molecule has 0 bridgehead atoms. The van der Waals surface area contributed by atoms with Gasteiger partial charge in [0.25, 0.3) is 5.91 Å². The standard InChI is InChI=1S/C23H18F2N6O/c1-13(14-3-4-20(24)21(25)7-14)30-23(32)15(8-26)5-17-10-28-22-19(17)6-16(9-27-22)18-11-29-31(2)12-18/h3-7,9-13H,1-2H3,(H,27,28)(H,30,32)/b15-5+/t13-/m1/s1. The summed E-state index contributed by atoms with van der Waals surface area (Å²) in [7, 11) is 1.82. The van der Waals surface area contributed by atoms with Crippen LogP contribution in [0.4, 0.5) is 8.78 Å². The number of nitrogens with one attached hydrogen (secondary N) is 2. The summed E-state index contributed by atoms with van der Waals surface area (Å²) < 4.78 is 28.3. The molecule has 7 nitrogen and oxygen atoms in total. The highest BCUT2D eigenvalue weighted by Crippen LogP contribution is 2.26. The number of pyridine rings is 1. The smallest absolute Gasteiger partial charge is 0.262 e. The second kappa shape index (κ2) is 8.43. The fourth-order valence-electron chi connectivity index (χ4n) is 3.31. The van der Waals surface area contributed by atoms with Crippen molar-refractivity contribution < 1.29 is 13.6 Å². The Balaban J connectivity index is 1.61. The van der Waals surface area contributed by atoms with E-state index in [0.29, 0.717) is 16.8 Å². The Morgan fingerprint density at radius 3 is 2.75 bits per heavy atom. The average molecular weight is 432 g/mol. The van der Waals surface area contributed by atoms with E-state index in [-0.39, 0.29) is 5.57 Å². The molecule has 0 aliphatic carbocycles. The fourth-order valence-corrected chi connectivity index (χ4v) is 3.31. The van der Waals surface area contributed by atoms with Gasteiger partial charge in [0.15, 0.2) is 11.6 Å². The van der Waals surface area contributed by atoms with Gasteiger partial charge in [0.05, 0.1) is 12.2 Å². The molecule has 4 aromatic rings. The Labute approximate surface area is 182 Å². The molecule has 1 amide bonds. The van der Waals surface area contributed by atoms with Crippen LogP contribution >= 0.6 is 0 Å². The molecule has 32 heavy (non-hydrogen) atoms. The van der Waals surface area contributed by atoms with Crippen LogP contribution in [0.2, 0.25) is 0 Å². The summed E-state index contributed by atoms with van der Waals surface area (Å²) in [6.45, 7) is 1.62. The zero-order chi connectivity index (χ0) is 22.8. The van der Waals surface area contributed by atoms with Crippen LogP contribution < -0.4 is 5.32 Å². The van der Waals surface area contributed by atoms with E-state index in [1.807, 2.05) is 25.4 Å². The summed E-state index contributed by atoms with van der Waals surface area (Å²) in [5.41, 5.74) is 3.20. The predicted molar refractivity (Wildman–Crippen MR) is 115 cm³/mol. The predicted octanol–water partition coefficient (Wildman–Crippen LogP) is 4.03. The minimum Gasteiger partial charge on any atom is -0.346 e. The number of rotatable bonds is 5. The van der Waals surface area contributed by atoms with Crippen molar-refractivity contribution in [3.63, 3.8) is 0 Å². The third kappa shape index (κ3) is 4.11. The number of hydrogen-bond acceptors (Lipinski definition) is 4. The van der Waals surface area contributed by atoms with Crippen molar-refractivity contribution in [3.05, 3.63) is 77.4 Å². The van der Waals surface area contributed by atoms with Crippen molar-refractivity contribution in [3.8, 4) is 17.2 Å². The summed E-state index contributed by atoms with van der Waals surface area (Å²) in [5.74, 6) is -2.60. The molecule has 3 aromatic heterocycles. The molecule has 2 N–H and O–H groups in total. The largest absolute Gasteiger partial charge is 0.346 e. The first-order valence-corrected chi connectivity index (χ1v) is 9.69. The molecule has 1 aromatic carbocycles. The number of aryl methyl sites for hydroxylation is 1. The summed E-state index contributed by atoms with van der Waals surface area (Å²) in [5, 5.41) is 17.1. The second-order valence-electron chi connectivity index (χ2n) is 7.31. The highest BCUT2D eigenvalue weighted by atomic mass is 19.2. The van der Waals surface area contributed by atoms with Gasteiger partial charge in [0, 0.05) is 47.7 Å². The van der Waals surface area contributed by atoms with Gasteiger partial charge in [0.2, 0.25) is 0 Å². The van der Waals surface area contributed by atoms with Crippen LogP contribution in [0.25, 0.3) is 28.2 Å². The molecule has 4 rings (SSSR count). The van der Waals surface area contributed by atoms with Crippen LogP contribution in [-0.2, 0) is 11.8 Å². The lowest BCUT2D eigenvalue weighted by molar-refractivity contribution is -0.117. The van der Waals surface area contributed by atoms with E-state index >= 15 is 0 Å². The topological polar surface area (TPSA) is 99.4 Å². The Morgan fingerprint density at radius 2 is 2.06 bits per heavy atom. The molecule has 160 valence electrons. The molecule has 1 atom stereocenters. The Morgan fingerprint density at radius 1 is 1.25 bits per heavy atom. The van der Waals surface area contributed by atoms with Gasteiger partial charge in [-0.15, -0.1) is 0 Å². The molecule has 0 saturated carbocycles. The molecule has 0 unspecified atom stereocenters. The Bertz CT molecular complexity index is 1400. The van der Waals surface area contributed by atoms with E-state index in [4.69, 9.17) is 0 Å². The summed E-state index contributed by atoms with van der Waals surface area (Å²) in [6.07, 6.45) is 8.41. The highest BCUT2D eigenvalue weighted by Gasteiger charge is 2.16.